The van der Waals surface area contributed by atoms with Crippen LogP contribution in [0.4, 0.5) is 0 Å². The van der Waals surface area contributed by atoms with Crippen molar-refractivity contribution in [2.45, 2.75) is 6.42 Å². The fourth-order valence-electron chi connectivity index (χ4n) is 1.97. The highest BCUT2D eigenvalue weighted by Crippen LogP contribution is 2.10. The first-order valence-corrected chi connectivity index (χ1v) is 6.22. The van der Waals surface area contributed by atoms with Crippen molar-refractivity contribution >= 4 is 16.9 Å². The van der Waals surface area contributed by atoms with E-state index in [9.17, 15) is 9.59 Å². The summed E-state index contributed by atoms with van der Waals surface area (Å²) in [4.78, 5) is 35.0. The Labute approximate surface area is 113 Å². The number of para-hydroxylation sites is 2. The van der Waals surface area contributed by atoms with Gasteiger partial charge in [-0.3, -0.25) is 4.79 Å². The van der Waals surface area contributed by atoms with E-state index in [1.807, 2.05) is 24.3 Å². The summed E-state index contributed by atoms with van der Waals surface area (Å²) in [5, 5.41) is 2.72. The lowest BCUT2D eigenvalue weighted by Gasteiger charge is -2.01. The molecule has 0 fully saturated rings. The van der Waals surface area contributed by atoms with Gasteiger partial charge in [0.15, 0.2) is 0 Å². The number of aromatic amines is 3. The molecule has 0 aliphatic heterocycles. The second kappa shape index (κ2) is 5.04. The Kier molecular flexibility index (Phi) is 3.08. The van der Waals surface area contributed by atoms with Gasteiger partial charge < -0.3 is 20.3 Å². The standard InChI is InChI=1S/C13H13N5O2/c19-12(10-7-15-13(20)18-10)14-6-5-11-16-8-3-1-2-4-9(8)17-11/h1-4,7H,5-6H2,(H,14,19)(H,16,17)(H2,15,18,20). The molecule has 0 saturated heterocycles. The smallest absolute Gasteiger partial charge is 0.323 e. The zero-order chi connectivity index (χ0) is 13.9. The zero-order valence-corrected chi connectivity index (χ0v) is 10.6. The van der Waals surface area contributed by atoms with Gasteiger partial charge in [0, 0.05) is 19.2 Å². The van der Waals surface area contributed by atoms with E-state index in [0.717, 1.165) is 16.9 Å². The highest BCUT2D eigenvalue weighted by molar-refractivity contribution is 5.91. The molecule has 7 nitrogen and oxygen atoms in total. The number of benzene rings is 1. The maximum atomic E-state index is 11.7. The maximum Gasteiger partial charge on any atom is 0.323 e. The van der Waals surface area contributed by atoms with Crippen molar-refractivity contribution in [2.75, 3.05) is 6.54 Å². The molecule has 7 heteroatoms. The first kappa shape index (κ1) is 12.2. The van der Waals surface area contributed by atoms with E-state index in [4.69, 9.17) is 0 Å². The Morgan fingerprint density at radius 1 is 1.25 bits per heavy atom. The molecular weight excluding hydrogens is 258 g/mol. The first-order valence-electron chi connectivity index (χ1n) is 6.22. The summed E-state index contributed by atoms with van der Waals surface area (Å²) in [6, 6.07) is 7.75. The number of imidazole rings is 2. The van der Waals surface area contributed by atoms with Gasteiger partial charge in [0.05, 0.1) is 11.0 Å². The Morgan fingerprint density at radius 2 is 2.10 bits per heavy atom. The van der Waals surface area contributed by atoms with Gasteiger partial charge in [-0.2, -0.15) is 0 Å². The number of nitrogens with zero attached hydrogens (tertiary/aromatic N) is 1. The molecule has 2 heterocycles. The number of carbonyl (C=O) groups excluding carboxylic acids is 1. The lowest BCUT2D eigenvalue weighted by molar-refractivity contribution is 0.0949. The number of H-pyrrole nitrogens is 3. The molecule has 20 heavy (non-hydrogen) atoms. The minimum Gasteiger partial charge on any atom is -0.350 e. The molecule has 2 aromatic heterocycles. The van der Waals surface area contributed by atoms with Crippen molar-refractivity contribution < 1.29 is 4.79 Å². The molecule has 0 spiro atoms. The minimum atomic E-state index is -0.396. The van der Waals surface area contributed by atoms with Crippen LogP contribution in [-0.4, -0.2) is 32.4 Å². The predicted octanol–water partition coefficient (Wildman–Crippen LogP) is 0.552. The van der Waals surface area contributed by atoms with Crippen LogP contribution >= 0.6 is 0 Å². The topological polar surface area (TPSA) is 106 Å². The molecule has 0 atom stereocenters. The van der Waals surface area contributed by atoms with Gasteiger partial charge in [-0.25, -0.2) is 9.78 Å². The molecule has 1 amide bonds. The Balaban J connectivity index is 1.59. The van der Waals surface area contributed by atoms with Crippen molar-refractivity contribution in [1.29, 1.82) is 0 Å². The van der Waals surface area contributed by atoms with E-state index in [-0.39, 0.29) is 11.6 Å². The Hall–Kier alpha value is -2.83. The average molecular weight is 271 g/mol. The summed E-state index contributed by atoms with van der Waals surface area (Å²) in [7, 11) is 0. The summed E-state index contributed by atoms with van der Waals surface area (Å²) in [6.07, 6.45) is 1.94. The van der Waals surface area contributed by atoms with Crippen LogP contribution in [0.2, 0.25) is 0 Å². The summed E-state index contributed by atoms with van der Waals surface area (Å²) < 4.78 is 0. The van der Waals surface area contributed by atoms with Crippen molar-refractivity contribution in [3.63, 3.8) is 0 Å². The number of rotatable bonds is 4. The van der Waals surface area contributed by atoms with Crippen molar-refractivity contribution in [1.82, 2.24) is 25.3 Å². The highest BCUT2D eigenvalue weighted by Gasteiger charge is 2.07. The highest BCUT2D eigenvalue weighted by atomic mass is 16.2. The van der Waals surface area contributed by atoms with Crippen LogP contribution < -0.4 is 11.0 Å². The number of carbonyl (C=O) groups is 1. The van der Waals surface area contributed by atoms with E-state index < -0.39 is 5.69 Å². The van der Waals surface area contributed by atoms with Gasteiger partial charge >= 0.3 is 5.69 Å². The molecule has 102 valence electrons. The zero-order valence-electron chi connectivity index (χ0n) is 10.6. The van der Waals surface area contributed by atoms with Crippen LogP contribution in [0.5, 0.6) is 0 Å². The average Bonchev–Trinajstić information content (AvgIpc) is 3.04. The first-order chi connectivity index (χ1) is 9.72. The lowest BCUT2D eigenvalue weighted by Crippen LogP contribution is -2.26. The van der Waals surface area contributed by atoms with Crippen LogP contribution in [0.15, 0.2) is 35.3 Å². The SMILES string of the molecule is O=C(NCCc1nc2ccccc2[nH]1)c1c[nH]c(=O)[nH]1. The van der Waals surface area contributed by atoms with Crippen LogP contribution in [0.3, 0.4) is 0 Å². The summed E-state index contributed by atoms with van der Waals surface area (Å²) >= 11 is 0. The molecule has 0 aliphatic carbocycles. The van der Waals surface area contributed by atoms with Crippen LogP contribution in [0.1, 0.15) is 16.3 Å². The number of nitrogens with one attached hydrogen (secondary N) is 4. The maximum absolute atomic E-state index is 11.7. The number of hydrogen-bond donors (Lipinski definition) is 4. The van der Waals surface area contributed by atoms with Gasteiger partial charge in [0.25, 0.3) is 5.91 Å². The largest absolute Gasteiger partial charge is 0.350 e. The van der Waals surface area contributed by atoms with Crippen molar-refractivity contribution in [3.05, 3.63) is 52.5 Å². The number of amides is 1. The third-order valence-electron chi connectivity index (χ3n) is 2.93. The molecule has 0 bridgehead atoms. The normalized spacial score (nSPS) is 10.8. The van der Waals surface area contributed by atoms with E-state index in [1.165, 1.54) is 6.20 Å². The number of fused-ring (bicyclic) bond motifs is 1. The lowest BCUT2D eigenvalue weighted by atomic mass is 10.3. The molecule has 0 unspecified atom stereocenters. The summed E-state index contributed by atoms with van der Waals surface area (Å²) in [5.41, 5.74) is 1.71. The summed E-state index contributed by atoms with van der Waals surface area (Å²) in [6.45, 7) is 0.436. The Bertz CT molecular complexity index is 765. The second-order valence-electron chi connectivity index (χ2n) is 4.36. The molecular formula is C13H13N5O2. The number of aromatic nitrogens is 4. The van der Waals surface area contributed by atoms with Crippen molar-refractivity contribution in [2.24, 2.45) is 0 Å². The van der Waals surface area contributed by atoms with Gasteiger partial charge in [-0.15, -0.1) is 0 Å². The molecule has 3 rings (SSSR count). The molecule has 1 aromatic carbocycles. The molecule has 0 radical (unpaired) electrons. The molecule has 4 N–H and O–H groups in total. The van der Waals surface area contributed by atoms with Crippen LogP contribution in [-0.2, 0) is 6.42 Å². The fraction of sp³-hybridized carbons (Fsp3) is 0.154. The second-order valence-corrected chi connectivity index (χ2v) is 4.36. The van der Waals surface area contributed by atoms with E-state index >= 15 is 0 Å². The number of hydrogen-bond acceptors (Lipinski definition) is 3. The van der Waals surface area contributed by atoms with E-state index in [0.29, 0.717) is 13.0 Å². The minimum absolute atomic E-state index is 0.222. The molecule has 0 aliphatic rings. The molecule has 3 aromatic rings. The van der Waals surface area contributed by atoms with Crippen LogP contribution in [0.25, 0.3) is 11.0 Å². The fourth-order valence-corrected chi connectivity index (χ4v) is 1.97. The van der Waals surface area contributed by atoms with E-state index in [1.54, 1.807) is 0 Å². The Morgan fingerprint density at radius 3 is 2.85 bits per heavy atom. The van der Waals surface area contributed by atoms with Gasteiger partial charge in [0.1, 0.15) is 11.5 Å². The third-order valence-corrected chi connectivity index (χ3v) is 2.93. The predicted molar refractivity (Wildman–Crippen MR) is 73.5 cm³/mol. The monoisotopic (exact) mass is 271 g/mol. The van der Waals surface area contributed by atoms with Gasteiger partial charge in [-0.1, -0.05) is 12.1 Å². The summed E-state index contributed by atoms with van der Waals surface area (Å²) in [5.74, 6) is 0.494. The van der Waals surface area contributed by atoms with Gasteiger partial charge in [-0.05, 0) is 12.1 Å². The van der Waals surface area contributed by atoms with E-state index in [2.05, 4.69) is 25.3 Å². The van der Waals surface area contributed by atoms with Crippen molar-refractivity contribution in [3.8, 4) is 0 Å². The van der Waals surface area contributed by atoms with Gasteiger partial charge in [0.2, 0.25) is 0 Å². The third kappa shape index (κ3) is 2.46. The molecule has 0 saturated carbocycles. The van der Waals surface area contributed by atoms with Crippen LogP contribution in [0, 0.1) is 0 Å². The quantitative estimate of drug-likeness (QED) is 0.556.